The fourth-order valence-electron chi connectivity index (χ4n) is 2.88. The van der Waals surface area contributed by atoms with Crippen molar-refractivity contribution in [3.8, 4) is 0 Å². The summed E-state index contributed by atoms with van der Waals surface area (Å²) in [4.78, 5) is 2.49. The van der Waals surface area contributed by atoms with E-state index < -0.39 is 0 Å². The minimum absolute atomic E-state index is 0.471. The fraction of sp³-hybridized carbons (Fsp3) is 0.769. The summed E-state index contributed by atoms with van der Waals surface area (Å²) in [5.41, 5.74) is 0. The van der Waals surface area contributed by atoms with Crippen molar-refractivity contribution >= 4 is 11.6 Å². The number of hydrogen-bond acceptors (Lipinski definition) is 3. The summed E-state index contributed by atoms with van der Waals surface area (Å²) in [5, 5.41) is 4.94. The van der Waals surface area contributed by atoms with Gasteiger partial charge in [0, 0.05) is 44.9 Å². The molecule has 5 heteroatoms. The SMILES string of the molecule is Clc1cnn(CC2CN(CC3CCCCO3)C2)c1. The molecule has 2 aliphatic heterocycles. The summed E-state index contributed by atoms with van der Waals surface area (Å²) in [6.07, 6.45) is 7.87. The first-order chi connectivity index (χ1) is 8.79. The molecule has 0 spiro atoms. The highest BCUT2D eigenvalue weighted by Crippen LogP contribution is 2.21. The Labute approximate surface area is 113 Å². The average Bonchev–Trinajstić information content (AvgIpc) is 2.73. The maximum atomic E-state index is 5.85. The smallest absolute Gasteiger partial charge is 0.0785 e. The lowest BCUT2D eigenvalue weighted by Crippen LogP contribution is -2.51. The zero-order chi connectivity index (χ0) is 12.4. The van der Waals surface area contributed by atoms with Crippen LogP contribution in [0.25, 0.3) is 0 Å². The van der Waals surface area contributed by atoms with E-state index in [1.807, 2.05) is 10.9 Å². The summed E-state index contributed by atoms with van der Waals surface area (Å²) in [7, 11) is 0. The van der Waals surface area contributed by atoms with Crippen LogP contribution in [-0.4, -0.2) is 47.0 Å². The Morgan fingerprint density at radius 3 is 2.89 bits per heavy atom. The van der Waals surface area contributed by atoms with Crippen LogP contribution in [0.2, 0.25) is 5.02 Å². The lowest BCUT2D eigenvalue weighted by Gasteiger charge is -2.41. The van der Waals surface area contributed by atoms with Crippen LogP contribution >= 0.6 is 11.6 Å². The van der Waals surface area contributed by atoms with Crippen LogP contribution in [0.15, 0.2) is 12.4 Å². The van der Waals surface area contributed by atoms with Gasteiger partial charge in [-0.2, -0.15) is 5.10 Å². The summed E-state index contributed by atoms with van der Waals surface area (Å²) in [6, 6.07) is 0. The van der Waals surface area contributed by atoms with Crippen molar-refractivity contribution in [1.82, 2.24) is 14.7 Å². The van der Waals surface area contributed by atoms with Gasteiger partial charge in [-0.05, 0) is 19.3 Å². The van der Waals surface area contributed by atoms with Crippen molar-refractivity contribution in [2.75, 3.05) is 26.2 Å². The summed E-state index contributed by atoms with van der Waals surface area (Å²) in [5.74, 6) is 0.713. The third kappa shape index (κ3) is 3.05. The van der Waals surface area contributed by atoms with Crippen LogP contribution in [0.5, 0.6) is 0 Å². The van der Waals surface area contributed by atoms with Gasteiger partial charge in [-0.3, -0.25) is 9.58 Å². The lowest BCUT2D eigenvalue weighted by atomic mass is 9.98. The van der Waals surface area contributed by atoms with Gasteiger partial charge in [0.15, 0.2) is 0 Å². The predicted octanol–water partition coefficient (Wildman–Crippen LogP) is 2.04. The number of rotatable bonds is 4. The van der Waals surface area contributed by atoms with E-state index in [2.05, 4.69) is 10.00 Å². The predicted molar refractivity (Wildman–Crippen MR) is 70.8 cm³/mol. The second-order valence-corrected chi connectivity index (χ2v) is 5.89. The first-order valence-corrected chi connectivity index (χ1v) is 7.19. The van der Waals surface area contributed by atoms with Gasteiger partial charge in [0.05, 0.1) is 17.3 Å². The third-order valence-corrected chi connectivity index (χ3v) is 4.01. The molecule has 0 bridgehead atoms. The normalized spacial score (nSPS) is 26.2. The minimum Gasteiger partial charge on any atom is -0.377 e. The van der Waals surface area contributed by atoms with Crippen molar-refractivity contribution in [2.24, 2.45) is 5.92 Å². The molecule has 1 aromatic heterocycles. The van der Waals surface area contributed by atoms with Crippen LogP contribution < -0.4 is 0 Å². The molecule has 2 saturated heterocycles. The van der Waals surface area contributed by atoms with Crippen molar-refractivity contribution in [3.05, 3.63) is 17.4 Å². The molecule has 1 unspecified atom stereocenters. The molecule has 0 N–H and O–H groups in total. The van der Waals surface area contributed by atoms with Crippen LogP contribution in [0.4, 0.5) is 0 Å². The van der Waals surface area contributed by atoms with Gasteiger partial charge in [0.25, 0.3) is 0 Å². The standard InChI is InChI=1S/C13H20ClN3O/c14-12-5-15-17(9-12)8-11-6-16(7-11)10-13-3-1-2-4-18-13/h5,9,11,13H,1-4,6-8,10H2. The molecule has 0 radical (unpaired) electrons. The summed E-state index contributed by atoms with van der Waals surface area (Å²) < 4.78 is 7.71. The van der Waals surface area contributed by atoms with E-state index in [1.54, 1.807) is 6.20 Å². The van der Waals surface area contributed by atoms with Gasteiger partial charge < -0.3 is 4.74 Å². The zero-order valence-corrected chi connectivity index (χ0v) is 11.4. The summed E-state index contributed by atoms with van der Waals surface area (Å²) in [6.45, 7) is 5.37. The number of hydrogen-bond donors (Lipinski definition) is 0. The maximum absolute atomic E-state index is 5.85. The molecule has 3 heterocycles. The number of halogens is 1. The van der Waals surface area contributed by atoms with E-state index in [0.717, 1.165) is 37.8 Å². The molecule has 1 aromatic rings. The van der Waals surface area contributed by atoms with Gasteiger partial charge in [0.1, 0.15) is 0 Å². The van der Waals surface area contributed by atoms with Crippen molar-refractivity contribution in [3.63, 3.8) is 0 Å². The van der Waals surface area contributed by atoms with E-state index in [9.17, 15) is 0 Å². The van der Waals surface area contributed by atoms with E-state index in [-0.39, 0.29) is 0 Å². The number of aromatic nitrogens is 2. The lowest BCUT2D eigenvalue weighted by molar-refractivity contribution is -0.0321. The second-order valence-electron chi connectivity index (χ2n) is 5.45. The maximum Gasteiger partial charge on any atom is 0.0785 e. The monoisotopic (exact) mass is 269 g/mol. The number of ether oxygens (including phenoxy) is 1. The molecular formula is C13H20ClN3O. The first-order valence-electron chi connectivity index (χ1n) is 6.81. The highest BCUT2D eigenvalue weighted by Gasteiger charge is 2.29. The summed E-state index contributed by atoms with van der Waals surface area (Å²) >= 11 is 5.85. The molecular weight excluding hydrogens is 250 g/mol. The van der Waals surface area contributed by atoms with Crippen molar-refractivity contribution in [2.45, 2.75) is 31.9 Å². The fourth-order valence-corrected chi connectivity index (χ4v) is 3.04. The Morgan fingerprint density at radius 1 is 1.33 bits per heavy atom. The Bertz CT molecular complexity index is 383. The van der Waals surface area contributed by atoms with Gasteiger partial charge >= 0.3 is 0 Å². The van der Waals surface area contributed by atoms with Gasteiger partial charge in [-0.25, -0.2) is 0 Å². The molecule has 0 saturated carbocycles. The Kier molecular flexibility index (Phi) is 3.87. The number of nitrogens with zero attached hydrogens (tertiary/aromatic N) is 3. The van der Waals surface area contributed by atoms with E-state index in [0.29, 0.717) is 12.0 Å². The molecule has 0 amide bonds. The molecule has 100 valence electrons. The van der Waals surface area contributed by atoms with Crippen molar-refractivity contribution < 1.29 is 4.74 Å². The van der Waals surface area contributed by atoms with E-state index >= 15 is 0 Å². The Morgan fingerprint density at radius 2 is 2.22 bits per heavy atom. The largest absolute Gasteiger partial charge is 0.377 e. The van der Waals surface area contributed by atoms with Crippen LogP contribution in [0.3, 0.4) is 0 Å². The molecule has 1 atom stereocenters. The van der Waals surface area contributed by atoms with E-state index in [4.69, 9.17) is 16.3 Å². The Hall–Kier alpha value is -0.580. The minimum atomic E-state index is 0.471. The molecule has 0 aromatic carbocycles. The second kappa shape index (κ2) is 5.59. The molecule has 3 rings (SSSR count). The van der Waals surface area contributed by atoms with Gasteiger partial charge in [-0.15, -0.1) is 0 Å². The van der Waals surface area contributed by atoms with Crippen LogP contribution in [-0.2, 0) is 11.3 Å². The topological polar surface area (TPSA) is 30.3 Å². The Balaban J connectivity index is 1.37. The van der Waals surface area contributed by atoms with Crippen LogP contribution in [0, 0.1) is 5.92 Å². The third-order valence-electron chi connectivity index (χ3n) is 3.82. The van der Waals surface area contributed by atoms with Crippen molar-refractivity contribution in [1.29, 1.82) is 0 Å². The van der Waals surface area contributed by atoms with E-state index in [1.165, 1.54) is 19.3 Å². The van der Waals surface area contributed by atoms with Gasteiger partial charge in [-0.1, -0.05) is 11.6 Å². The highest BCUT2D eigenvalue weighted by molar-refractivity contribution is 6.30. The quantitative estimate of drug-likeness (QED) is 0.838. The molecule has 0 aliphatic carbocycles. The van der Waals surface area contributed by atoms with Crippen LogP contribution in [0.1, 0.15) is 19.3 Å². The molecule has 18 heavy (non-hydrogen) atoms. The first kappa shape index (κ1) is 12.5. The highest BCUT2D eigenvalue weighted by atomic mass is 35.5. The number of likely N-dealkylation sites (tertiary alicyclic amines) is 1. The molecule has 2 fully saturated rings. The average molecular weight is 270 g/mol. The zero-order valence-electron chi connectivity index (χ0n) is 10.6. The van der Waals surface area contributed by atoms with Gasteiger partial charge in [0.2, 0.25) is 0 Å². The molecule has 2 aliphatic rings. The molecule has 4 nitrogen and oxygen atoms in total.